The molecule has 0 saturated carbocycles. The number of hydrogen-bond donors (Lipinski definition) is 4. The maximum absolute atomic E-state index is 11.8. The van der Waals surface area contributed by atoms with Gasteiger partial charge in [-0.15, -0.1) is 11.3 Å². The average Bonchev–Trinajstić information content (AvgIpc) is 3.31. The first-order valence-corrected chi connectivity index (χ1v) is 9.88. The molecule has 1 aromatic carbocycles. The molecule has 2 aliphatic rings. The predicted molar refractivity (Wildman–Crippen MR) is 99.1 cm³/mol. The zero-order valence-corrected chi connectivity index (χ0v) is 16.1. The number of benzene rings is 1. The Morgan fingerprint density at radius 2 is 1.93 bits per heavy atom. The van der Waals surface area contributed by atoms with Gasteiger partial charge in [0.1, 0.15) is 6.10 Å². The lowest BCUT2D eigenvalue weighted by Gasteiger charge is -2.58. The first kappa shape index (κ1) is 19.0. The number of aliphatic hydroxyl groups excluding tert-OH is 2. The van der Waals surface area contributed by atoms with Gasteiger partial charge in [0.2, 0.25) is 5.79 Å². The maximum Gasteiger partial charge on any atom is 0.231 e. The number of fused-ring (bicyclic) bond motifs is 2. The van der Waals surface area contributed by atoms with Crippen molar-refractivity contribution in [2.45, 2.75) is 56.1 Å². The summed E-state index contributed by atoms with van der Waals surface area (Å²) in [5.74, 6) is -1.79. The summed E-state index contributed by atoms with van der Waals surface area (Å²) in [4.78, 5) is 1.36. The fraction of sp³-hybridized carbons (Fsp3) is 0.500. The molecular formula is C20H24O6S. The van der Waals surface area contributed by atoms with Gasteiger partial charge in [0.15, 0.2) is 11.2 Å². The van der Waals surface area contributed by atoms with E-state index in [-0.39, 0.29) is 6.61 Å². The smallest absolute Gasteiger partial charge is 0.231 e. The van der Waals surface area contributed by atoms with Gasteiger partial charge in [-0.25, -0.2) is 0 Å². The van der Waals surface area contributed by atoms with Crippen LogP contribution >= 0.6 is 11.3 Å². The minimum Gasteiger partial charge on any atom is -0.393 e. The topological polar surface area (TPSA) is 99.4 Å². The number of aryl methyl sites for hydroxylation is 1. The molecule has 1 saturated heterocycles. The van der Waals surface area contributed by atoms with Crippen molar-refractivity contribution in [3.05, 3.63) is 57.3 Å². The lowest BCUT2D eigenvalue weighted by Crippen LogP contribution is -2.76. The van der Waals surface area contributed by atoms with Gasteiger partial charge in [-0.2, -0.15) is 0 Å². The monoisotopic (exact) mass is 392 g/mol. The van der Waals surface area contributed by atoms with Crippen LogP contribution in [-0.4, -0.2) is 44.8 Å². The first-order valence-electron chi connectivity index (χ1n) is 9.07. The molecule has 1 spiro atoms. The van der Waals surface area contributed by atoms with E-state index in [1.165, 1.54) is 11.3 Å². The third-order valence-corrected chi connectivity index (χ3v) is 7.17. The summed E-state index contributed by atoms with van der Waals surface area (Å²) in [6.07, 6.45) is -1.55. The van der Waals surface area contributed by atoms with Crippen molar-refractivity contribution in [1.82, 2.24) is 0 Å². The third kappa shape index (κ3) is 2.28. The molecule has 4 rings (SSSR count). The molecule has 4 N–H and O–H groups in total. The van der Waals surface area contributed by atoms with Crippen LogP contribution in [0.1, 0.15) is 34.7 Å². The molecule has 6 nitrogen and oxygen atoms in total. The van der Waals surface area contributed by atoms with Gasteiger partial charge in [-0.1, -0.05) is 31.2 Å². The molecule has 0 bridgehead atoms. The van der Waals surface area contributed by atoms with Gasteiger partial charge in [-0.05, 0) is 31.0 Å². The summed E-state index contributed by atoms with van der Waals surface area (Å²) >= 11 is 1.29. The molecule has 27 heavy (non-hydrogen) atoms. The van der Waals surface area contributed by atoms with E-state index in [0.29, 0.717) is 10.4 Å². The van der Waals surface area contributed by atoms with Gasteiger partial charge in [0, 0.05) is 15.3 Å². The highest BCUT2D eigenvalue weighted by molar-refractivity contribution is 7.12. The fourth-order valence-electron chi connectivity index (χ4n) is 4.27. The summed E-state index contributed by atoms with van der Waals surface area (Å²) in [5.41, 5.74) is -3.13. The molecule has 1 fully saturated rings. The summed E-state index contributed by atoms with van der Waals surface area (Å²) < 4.78 is 11.9. The second kappa shape index (κ2) is 6.35. The highest BCUT2D eigenvalue weighted by atomic mass is 32.1. The number of thiophene rings is 1. The van der Waals surface area contributed by atoms with Gasteiger partial charge < -0.3 is 29.9 Å². The first-order chi connectivity index (χ1) is 12.8. The molecule has 5 atom stereocenters. The lowest BCUT2D eigenvalue weighted by molar-refractivity contribution is -0.437. The SMILES string of the molecule is CCc1ccc(C2(O)C(O)C(C)OC3(OCc4ccccc43)C2(O)CO)s1. The minimum absolute atomic E-state index is 0.169. The molecule has 7 heteroatoms. The Balaban J connectivity index is 1.96. The molecule has 0 amide bonds. The highest BCUT2D eigenvalue weighted by Gasteiger charge is 2.74. The third-order valence-electron chi connectivity index (χ3n) is 5.82. The van der Waals surface area contributed by atoms with Crippen LogP contribution < -0.4 is 0 Å². The minimum atomic E-state index is -2.31. The number of ether oxygens (including phenoxy) is 2. The second-order valence-corrected chi connectivity index (χ2v) is 8.40. The van der Waals surface area contributed by atoms with Gasteiger partial charge >= 0.3 is 0 Å². The van der Waals surface area contributed by atoms with Crippen molar-refractivity contribution in [3.8, 4) is 0 Å². The summed E-state index contributed by atoms with van der Waals surface area (Å²) in [7, 11) is 0. The molecule has 2 aromatic rings. The molecular weight excluding hydrogens is 368 g/mol. The second-order valence-electron chi connectivity index (χ2n) is 7.23. The molecule has 0 radical (unpaired) electrons. The van der Waals surface area contributed by atoms with Gasteiger partial charge in [-0.3, -0.25) is 0 Å². The summed E-state index contributed by atoms with van der Waals surface area (Å²) in [5, 5.41) is 44.7. The predicted octanol–water partition coefficient (Wildman–Crippen LogP) is 1.38. The molecule has 146 valence electrons. The highest BCUT2D eigenvalue weighted by Crippen LogP contribution is 2.58. The van der Waals surface area contributed by atoms with E-state index >= 15 is 0 Å². The van der Waals surface area contributed by atoms with E-state index < -0.39 is 35.8 Å². The Kier molecular flexibility index (Phi) is 4.47. The van der Waals surface area contributed by atoms with Crippen LogP contribution in [-0.2, 0) is 33.9 Å². The Morgan fingerprint density at radius 1 is 1.19 bits per heavy atom. The number of rotatable bonds is 3. The van der Waals surface area contributed by atoms with E-state index in [0.717, 1.165) is 16.9 Å². The van der Waals surface area contributed by atoms with Gasteiger partial charge in [0.25, 0.3) is 0 Å². The quantitative estimate of drug-likeness (QED) is 0.630. The van der Waals surface area contributed by atoms with Crippen LogP contribution in [0.4, 0.5) is 0 Å². The van der Waals surface area contributed by atoms with Crippen molar-refractivity contribution in [2.75, 3.05) is 6.61 Å². The van der Waals surface area contributed by atoms with Crippen LogP contribution in [0.2, 0.25) is 0 Å². The van der Waals surface area contributed by atoms with Crippen molar-refractivity contribution in [3.63, 3.8) is 0 Å². The number of aliphatic hydroxyl groups is 4. The zero-order valence-electron chi connectivity index (χ0n) is 15.3. The van der Waals surface area contributed by atoms with Crippen LogP contribution in [0, 0.1) is 0 Å². The molecule has 3 heterocycles. The Bertz CT molecular complexity index is 853. The van der Waals surface area contributed by atoms with E-state index in [1.807, 2.05) is 25.1 Å². The summed E-state index contributed by atoms with van der Waals surface area (Å²) in [6.45, 7) is 2.91. The van der Waals surface area contributed by atoms with Crippen LogP contribution in [0.15, 0.2) is 36.4 Å². The fourth-order valence-corrected chi connectivity index (χ4v) is 5.41. The molecule has 5 unspecified atom stereocenters. The van der Waals surface area contributed by atoms with Crippen molar-refractivity contribution < 1.29 is 29.9 Å². The molecule has 1 aromatic heterocycles. The van der Waals surface area contributed by atoms with Crippen LogP contribution in [0.5, 0.6) is 0 Å². The number of hydrogen-bond acceptors (Lipinski definition) is 7. The van der Waals surface area contributed by atoms with Crippen LogP contribution in [0.25, 0.3) is 0 Å². The van der Waals surface area contributed by atoms with Crippen molar-refractivity contribution in [2.24, 2.45) is 0 Å². The zero-order chi connectivity index (χ0) is 19.4. The molecule has 0 aliphatic carbocycles. The molecule has 2 aliphatic heterocycles. The van der Waals surface area contributed by atoms with Crippen molar-refractivity contribution >= 4 is 11.3 Å². The Labute approximate surface area is 161 Å². The normalized spacial score (nSPS) is 38.3. The Hall–Kier alpha value is -1.32. The van der Waals surface area contributed by atoms with Gasteiger partial charge in [0.05, 0.1) is 19.3 Å². The van der Waals surface area contributed by atoms with E-state index in [2.05, 4.69) is 0 Å². The maximum atomic E-state index is 11.8. The summed E-state index contributed by atoms with van der Waals surface area (Å²) in [6, 6.07) is 10.8. The largest absolute Gasteiger partial charge is 0.393 e. The van der Waals surface area contributed by atoms with Crippen LogP contribution in [0.3, 0.4) is 0 Å². The van der Waals surface area contributed by atoms with Crippen molar-refractivity contribution in [1.29, 1.82) is 0 Å². The Morgan fingerprint density at radius 3 is 2.59 bits per heavy atom. The van der Waals surface area contributed by atoms with E-state index in [4.69, 9.17) is 9.47 Å². The lowest BCUT2D eigenvalue weighted by atomic mass is 9.67. The standard InChI is InChI=1S/C20H24O6S/c1-3-14-8-9-16(27-14)19(24)17(22)12(2)26-20(18(19,23)11-21)15-7-5-4-6-13(15)10-25-20/h4-9,12,17,21-24H,3,10-11H2,1-2H3. The average molecular weight is 392 g/mol. The van der Waals surface area contributed by atoms with E-state index in [1.54, 1.807) is 25.1 Å². The van der Waals surface area contributed by atoms with E-state index in [9.17, 15) is 20.4 Å².